The summed E-state index contributed by atoms with van der Waals surface area (Å²) in [6.45, 7) is 5.88. The first-order valence-corrected chi connectivity index (χ1v) is 12.8. The number of nitriles is 1. The van der Waals surface area contributed by atoms with Gasteiger partial charge in [-0.15, -0.1) is 0 Å². The molecular weight excluding hydrogens is 466 g/mol. The van der Waals surface area contributed by atoms with Gasteiger partial charge in [0.15, 0.2) is 0 Å². The van der Waals surface area contributed by atoms with Crippen molar-refractivity contribution in [1.82, 2.24) is 14.9 Å². The second-order valence-corrected chi connectivity index (χ2v) is 9.77. The predicted molar refractivity (Wildman–Crippen MR) is 141 cm³/mol. The quantitative estimate of drug-likeness (QED) is 0.440. The van der Waals surface area contributed by atoms with Gasteiger partial charge in [0.1, 0.15) is 17.6 Å². The summed E-state index contributed by atoms with van der Waals surface area (Å²) in [5.41, 5.74) is 8.63. The number of H-pyrrole nitrogens is 1. The zero-order chi connectivity index (χ0) is 26.4. The Hall–Kier alpha value is -3.67. The summed E-state index contributed by atoms with van der Waals surface area (Å²) in [5, 5.41) is 9.73. The lowest BCUT2D eigenvalue weighted by Gasteiger charge is -2.28. The highest BCUT2D eigenvalue weighted by Gasteiger charge is 2.35. The minimum Gasteiger partial charge on any atom is -0.456 e. The van der Waals surface area contributed by atoms with Crippen LogP contribution in [-0.2, 0) is 15.1 Å². The van der Waals surface area contributed by atoms with Crippen LogP contribution in [0.25, 0.3) is 0 Å². The van der Waals surface area contributed by atoms with Crippen molar-refractivity contribution in [2.75, 3.05) is 26.8 Å². The van der Waals surface area contributed by atoms with Crippen LogP contribution in [0, 0.1) is 17.2 Å². The van der Waals surface area contributed by atoms with E-state index in [1.807, 2.05) is 42.2 Å². The molecule has 3 atom stereocenters. The van der Waals surface area contributed by atoms with Crippen LogP contribution in [-0.4, -0.2) is 47.6 Å². The number of hydrogen-bond donors (Lipinski definition) is 2. The van der Waals surface area contributed by atoms with Crippen LogP contribution >= 0.6 is 0 Å². The summed E-state index contributed by atoms with van der Waals surface area (Å²) in [4.78, 5) is 22.7. The number of aromatic amines is 1. The average Bonchev–Trinajstić information content (AvgIpc) is 3.41. The second-order valence-electron chi connectivity index (χ2n) is 9.77. The van der Waals surface area contributed by atoms with Gasteiger partial charge >= 0.3 is 0 Å². The first-order valence-electron chi connectivity index (χ1n) is 12.8. The number of benzene rings is 2. The number of nitrogens with zero attached hydrogens (tertiary/aromatic N) is 3. The lowest BCUT2D eigenvalue weighted by atomic mass is 9.81. The van der Waals surface area contributed by atoms with E-state index in [4.69, 9.17) is 15.2 Å². The van der Waals surface area contributed by atoms with Crippen molar-refractivity contribution >= 4 is 5.91 Å². The van der Waals surface area contributed by atoms with E-state index in [1.54, 1.807) is 31.8 Å². The molecule has 4 rings (SSSR count). The molecule has 3 unspecified atom stereocenters. The Labute approximate surface area is 218 Å². The molecule has 2 aromatic carbocycles. The smallest absolute Gasteiger partial charge is 0.230 e. The molecule has 1 aromatic heterocycles. The molecule has 2 heterocycles. The second kappa shape index (κ2) is 11.6. The third-order valence-corrected chi connectivity index (χ3v) is 7.35. The minimum atomic E-state index is -0.850. The van der Waals surface area contributed by atoms with E-state index in [0.717, 1.165) is 42.6 Å². The molecule has 8 nitrogen and oxygen atoms in total. The molecule has 3 N–H and O–H groups in total. The molecule has 194 valence electrons. The lowest BCUT2D eigenvalue weighted by molar-refractivity contribution is -0.133. The van der Waals surface area contributed by atoms with Gasteiger partial charge in [-0.25, -0.2) is 4.98 Å². The van der Waals surface area contributed by atoms with Crippen molar-refractivity contribution in [1.29, 1.82) is 5.26 Å². The van der Waals surface area contributed by atoms with Gasteiger partial charge < -0.3 is 25.1 Å². The molecule has 1 saturated heterocycles. The van der Waals surface area contributed by atoms with Crippen LogP contribution in [0.1, 0.15) is 61.4 Å². The van der Waals surface area contributed by atoms with Crippen LogP contribution in [0.3, 0.4) is 0 Å². The van der Waals surface area contributed by atoms with Crippen molar-refractivity contribution in [3.8, 4) is 17.6 Å². The Balaban J connectivity index is 1.65. The molecule has 0 spiro atoms. The van der Waals surface area contributed by atoms with Gasteiger partial charge in [-0.05, 0) is 61.1 Å². The highest BCUT2D eigenvalue weighted by molar-refractivity contribution is 5.84. The fourth-order valence-corrected chi connectivity index (χ4v) is 5.11. The van der Waals surface area contributed by atoms with E-state index in [1.165, 1.54) is 0 Å². The number of nitrogens with two attached hydrogens (primary N) is 1. The van der Waals surface area contributed by atoms with E-state index >= 15 is 0 Å². The maximum absolute atomic E-state index is 13.6. The molecule has 37 heavy (non-hydrogen) atoms. The maximum Gasteiger partial charge on any atom is 0.230 e. The number of aromatic nitrogens is 2. The average molecular weight is 502 g/mol. The molecule has 1 aliphatic rings. The third-order valence-electron chi connectivity index (χ3n) is 7.35. The number of hydrogen-bond acceptors (Lipinski definition) is 6. The number of ether oxygens (including phenoxy) is 2. The van der Waals surface area contributed by atoms with Crippen LogP contribution < -0.4 is 10.5 Å². The molecule has 1 fully saturated rings. The number of nitrogens with one attached hydrogen (secondary N) is 1. The van der Waals surface area contributed by atoms with E-state index in [-0.39, 0.29) is 17.7 Å². The van der Waals surface area contributed by atoms with E-state index < -0.39 is 5.54 Å². The van der Waals surface area contributed by atoms with Crippen LogP contribution in [0.2, 0.25) is 0 Å². The maximum atomic E-state index is 13.6. The number of amides is 1. The summed E-state index contributed by atoms with van der Waals surface area (Å²) in [6.07, 6.45) is 6.16. The van der Waals surface area contributed by atoms with Gasteiger partial charge in [-0.1, -0.05) is 31.5 Å². The number of carbonyl (C=O) groups excluding carboxylic acids is 1. The monoisotopic (exact) mass is 501 g/mol. The summed E-state index contributed by atoms with van der Waals surface area (Å²) < 4.78 is 11.5. The van der Waals surface area contributed by atoms with Crippen molar-refractivity contribution < 1.29 is 14.3 Å². The first kappa shape index (κ1) is 26.4. The minimum absolute atomic E-state index is 0.136. The summed E-state index contributed by atoms with van der Waals surface area (Å²) in [5.74, 6) is 1.12. The Morgan fingerprint density at radius 2 is 2.14 bits per heavy atom. The zero-order valence-electron chi connectivity index (χ0n) is 21.7. The standard InChI is InChI=1S/C29H35N5O3/c1-4-20-8-6-12-34(13-14-36-3)28(35)27(20)21-7-5-9-24(15-21)37-25-16-23(11-10-22(25)17-30)29(2,31)26-18-32-19-33-26/h5,7,9-11,15-16,18-20,27H,4,6,8,12-14,31H2,1-3H3,(H,32,33). The predicted octanol–water partition coefficient (Wildman–Crippen LogP) is 4.67. The van der Waals surface area contributed by atoms with Crippen molar-refractivity contribution in [2.24, 2.45) is 11.7 Å². The summed E-state index contributed by atoms with van der Waals surface area (Å²) in [6, 6.07) is 15.2. The van der Waals surface area contributed by atoms with Gasteiger partial charge in [0.25, 0.3) is 0 Å². The van der Waals surface area contributed by atoms with Gasteiger partial charge in [0.05, 0.1) is 41.8 Å². The van der Waals surface area contributed by atoms with Crippen molar-refractivity contribution in [2.45, 2.75) is 44.6 Å². The number of methoxy groups -OCH3 is 1. The molecule has 1 amide bonds. The molecule has 0 saturated carbocycles. The van der Waals surface area contributed by atoms with Gasteiger partial charge in [0.2, 0.25) is 5.91 Å². The topological polar surface area (TPSA) is 117 Å². The molecule has 0 aliphatic carbocycles. The number of likely N-dealkylation sites (tertiary alicyclic amines) is 1. The summed E-state index contributed by atoms with van der Waals surface area (Å²) >= 11 is 0. The van der Waals surface area contributed by atoms with Crippen molar-refractivity contribution in [3.05, 3.63) is 77.4 Å². The first-order chi connectivity index (χ1) is 17.9. The SMILES string of the molecule is CCC1CCCN(CCOC)C(=O)C1c1cccc(Oc2cc(C(C)(N)c3cnc[nH]3)ccc2C#N)c1. The highest BCUT2D eigenvalue weighted by Crippen LogP contribution is 2.38. The molecule has 8 heteroatoms. The Morgan fingerprint density at radius 1 is 1.30 bits per heavy atom. The molecular formula is C29H35N5O3. The van der Waals surface area contributed by atoms with E-state index in [0.29, 0.717) is 30.2 Å². The summed E-state index contributed by atoms with van der Waals surface area (Å²) in [7, 11) is 1.65. The number of rotatable bonds is 9. The largest absolute Gasteiger partial charge is 0.456 e. The van der Waals surface area contributed by atoms with Crippen molar-refractivity contribution in [3.63, 3.8) is 0 Å². The van der Waals surface area contributed by atoms with Gasteiger partial charge in [-0.2, -0.15) is 5.26 Å². The fraction of sp³-hybridized carbons (Fsp3) is 0.414. The van der Waals surface area contributed by atoms with E-state index in [9.17, 15) is 10.1 Å². The molecule has 3 aromatic rings. The van der Waals surface area contributed by atoms with Crippen LogP contribution in [0.5, 0.6) is 11.5 Å². The normalized spacial score (nSPS) is 19.6. The van der Waals surface area contributed by atoms with Crippen LogP contribution in [0.4, 0.5) is 0 Å². The Kier molecular flexibility index (Phi) is 8.27. The Morgan fingerprint density at radius 3 is 2.84 bits per heavy atom. The molecule has 0 radical (unpaired) electrons. The number of imidazole rings is 1. The zero-order valence-corrected chi connectivity index (χ0v) is 21.7. The fourth-order valence-electron chi connectivity index (χ4n) is 5.11. The number of carbonyl (C=O) groups is 1. The van der Waals surface area contributed by atoms with Gasteiger partial charge in [-0.3, -0.25) is 4.79 Å². The molecule has 1 aliphatic heterocycles. The van der Waals surface area contributed by atoms with Gasteiger partial charge in [0, 0.05) is 20.2 Å². The van der Waals surface area contributed by atoms with E-state index in [2.05, 4.69) is 23.0 Å². The lowest BCUT2D eigenvalue weighted by Crippen LogP contribution is -2.37. The van der Waals surface area contributed by atoms with Crippen LogP contribution in [0.15, 0.2) is 55.0 Å². The molecule has 0 bridgehead atoms. The highest BCUT2D eigenvalue weighted by atomic mass is 16.5. The Bertz CT molecular complexity index is 1250. The third kappa shape index (κ3) is 5.68.